The maximum Gasteiger partial charge on any atom is 0.338 e. The summed E-state index contributed by atoms with van der Waals surface area (Å²) in [6.07, 6.45) is 1.30. The molecule has 2 aliphatic rings. The van der Waals surface area contributed by atoms with Crippen LogP contribution >= 0.6 is 11.8 Å². The van der Waals surface area contributed by atoms with Crippen LogP contribution in [0.3, 0.4) is 0 Å². The molecule has 0 aliphatic carbocycles. The van der Waals surface area contributed by atoms with Gasteiger partial charge < -0.3 is 9.47 Å². The summed E-state index contributed by atoms with van der Waals surface area (Å²) < 4.78 is 24.2. The van der Waals surface area contributed by atoms with Crippen molar-refractivity contribution in [2.24, 2.45) is 0 Å². The van der Waals surface area contributed by atoms with Gasteiger partial charge in [0.2, 0.25) is 5.91 Å². The van der Waals surface area contributed by atoms with E-state index in [1.165, 1.54) is 23.9 Å². The van der Waals surface area contributed by atoms with Gasteiger partial charge in [0.05, 0.1) is 24.5 Å². The molecular weight excluding hydrogens is 393 g/mol. The monoisotopic (exact) mass is 415 g/mol. The van der Waals surface area contributed by atoms with Crippen molar-refractivity contribution >= 4 is 29.3 Å². The summed E-state index contributed by atoms with van der Waals surface area (Å²) in [5, 5.41) is -0.221. The number of carbonyl (C=O) groups excluding carboxylic acids is 2. The van der Waals surface area contributed by atoms with E-state index < -0.39 is 0 Å². The first-order chi connectivity index (χ1) is 14.0. The minimum absolute atomic E-state index is 0.00930. The Labute approximate surface area is 173 Å². The zero-order chi connectivity index (χ0) is 20.4. The Kier molecular flexibility index (Phi) is 5.87. The van der Waals surface area contributed by atoms with Gasteiger partial charge in [-0.3, -0.25) is 9.69 Å². The molecule has 1 atom stereocenters. The van der Waals surface area contributed by atoms with E-state index >= 15 is 0 Å². The Morgan fingerprint density at radius 1 is 1.17 bits per heavy atom. The van der Waals surface area contributed by atoms with Crippen LogP contribution < -0.4 is 4.90 Å². The van der Waals surface area contributed by atoms with E-state index in [2.05, 4.69) is 0 Å². The number of rotatable bonds is 4. The molecule has 0 bridgehead atoms. The molecule has 0 N–H and O–H groups in total. The van der Waals surface area contributed by atoms with Crippen molar-refractivity contribution in [1.82, 2.24) is 0 Å². The maximum atomic E-state index is 13.3. The molecule has 2 fully saturated rings. The summed E-state index contributed by atoms with van der Waals surface area (Å²) in [5.74, 6) is -0.318. The fourth-order valence-electron chi connectivity index (χ4n) is 3.62. The van der Waals surface area contributed by atoms with Gasteiger partial charge in [0.25, 0.3) is 0 Å². The lowest BCUT2D eigenvalue weighted by molar-refractivity contribution is -0.115. The topological polar surface area (TPSA) is 55.8 Å². The first kappa shape index (κ1) is 19.9. The highest BCUT2D eigenvalue weighted by molar-refractivity contribution is 8.00. The predicted molar refractivity (Wildman–Crippen MR) is 110 cm³/mol. The Balaban J connectivity index is 1.55. The van der Waals surface area contributed by atoms with Gasteiger partial charge >= 0.3 is 5.97 Å². The van der Waals surface area contributed by atoms with Gasteiger partial charge in [0, 0.05) is 18.5 Å². The summed E-state index contributed by atoms with van der Waals surface area (Å²) >= 11 is 1.51. The summed E-state index contributed by atoms with van der Waals surface area (Å²) in [6.45, 7) is 3.09. The molecule has 7 heteroatoms. The third-order valence-electron chi connectivity index (χ3n) is 5.16. The fourth-order valence-corrected chi connectivity index (χ4v) is 4.79. The first-order valence-electron chi connectivity index (χ1n) is 9.61. The van der Waals surface area contributed by atoms with Gasteiger partial charge in [0.15, 0.2) is 0 Å². The van der Waals surface area contributed by atoms with Crippen LogP contribution in [-0.2, 0) is 14.3 Å². The van der Waals surface area contributed by atoms with Crippen molar-refractivity contribution in [3.8, 4) is 0 Å². The van der Waals surface area contributed by atoms with Crippen molar-refractivity contribution < 1.29 is 23.5 Å². The minimum atomic E-state index is -0.358. The van der Waals surface area contributed by atoms with E-state index in [4.69, 9.17) is 9.47 Å². The van der Waals surface area contributed by atoms with E-state index in [1.807, 2.05) is 6.92 Å². The van der Waals surface area contributed by atoms with Gasteiger partial charge in [-0.2, -0.15) is 0 Å². The molecule has 2 aromatic carbocycles. The number of ether oxygens (including phenoxy) is 2. The average molecular weight is 415 g/mol. The molecule has 0 radical (unpaired) electrons. The Morgan fingerprint density at radius 3 is 2.59 bits per heavy atom. The highest BCUT2D eigenvalue weighted by Crippen LogP contribution is 2.42. The molecule has 1 unspecified atom stereocenters. The Bertz CT molecular complexity index is 912. The number of hydrogen-bond acceptors (Lipinski definition) is 5. The molecule has 2 aromatic rings. The molecule has 0 saturated carbocycles. The summed E-state index contributed by atoms with van der Waals surface area (Å²) in [7, 11) is 0. The zero-order valence-electron chi connectivity index (χ0n) is 16.1. The van der Waals surface area contributed by atoms with E-state index in [1.54, 1.807) is 35.2 Å². The zero-order valence-corrected chi connectivity index (χ0v) is 16.9. The second-order valence-electron chi connectivity index (χ2n) is 7.20. The molecule has 29 heavy (non-hydrogen) atoms. The van der Waals surface area contributed by atoms with E-state index in [9.17, 15) is 14.0 Å². The number of anilines is 1. The van der Waals surface area contributed by atoms with Crippen LogP contribution in [0.2, 0.25) is 0 Å². The molecule has 0 aromatic heterocycles. The maximum absolute atomic E-state index is 13.3. The lowest BCUT2D eigenvalue weighted by atomic mass is 10.1. The highest BCUT2D eigenvalue weighted by Gasteiger charge is 2.35. The number of thioether (sulfide) groups is 1. The fraction of sp³-hybridized carbons (Fsp3) is 0.364. The van der Waals surface area contributed by atoms with Crippen LogP contribution in [0, 0.1) is 12.7 Å². The lowest BCUT2D eigenvalue weighted by Crippen LogP contribution is -2.29. The molecular formula is C22H22FNO4S. The third-order valence-corrected chi connectivity index (χ3v) is 6.37. The van der Waals surface area contributed by atoms with Crippen molar-refractivity contribution in [3.63, 3.8) is 0 Å². The molecule has 5 nitrogen and oxygen atoms in total. The van der Waals surface area contributed by atoms with E-state index in [-0.39, 0.29) is 29.2 Å². The summed E-state index contributed by atoms with van der Waals surface area (Å²) in [5.41, 5.74) is 2.89. The van der Waals surface area contributed by atoms with E-state index in [0.29, 0.717) is 37.4 Å². The number of amides is 1. The molecule has 2 aliphatic heterocycles. The number of esters is 1. The number of carbonyl (C=O) groups is 2. The normalized spacial score (nSPS) is 20.1. The average Bonchev–Trinajstić information content (AvgIpc) is 3.10. The van der Waals surface area contributed by atoms with E-state index in [0.717, 1.165) is 16.8 Å². The summed E-state index contributed by atoms with van der Waals surface area (Å²) in [6, 6.07) is 11.5. The number of benzene rings is 2. The first-order valence-corrected chi connectivity index (χ1v) is 10.7. The third kappa shape index (κ3) is 4.31. The number of aryl methyl sites for hydroxylation is 1. The smallest absolute Gasteiger partial charge is 0.338 e. The second-order valence-corrected chi connectivity index (χ2v) is 8.27. The van der Waals surface area contributed by atoms with Gasteiger partial charge in [-0.15, -0.1) is 11.8 Å². The van der Waals surface area contributed by atoms with Crippen molar-refractivity contribution in [2.75, 3.05) is 23.9 Å². The van der Waals surface area contributed by atoms with Crippen LogP contribution in [0.1, 0.15) is 39.7 Å². The van der Waals surface area contributed by atoms with Crippen molar-refractivity contribution in [1.29, 1.82) is 0 Å². The molecule has 0 spiro atoms. The number of nitrogens with zero attached hydrogens (tertiary/aromatic N) is 1. The van der Waals surface area contributed by atoms with Crippen LogP contribution in [0.5, 0.6) is 0 Å². The molecule has 2 heterocycles. The molecule has 152 valence electrons. The van der Waals surface area contributed by atoms with Crippen LogP contribution in [-0.4, -0.2) is 36.9 Å². The number of hydrogen-bond donors (Lipinski definition) is 0. The van der Waals surface area contributed by atoms with Crippen molar-refractivity contribution in [2.45, 2.75) is 31.2 Å². The SMILES string of the molecule is Cc1cc(C(=O)OC2CCOCC2)ccc1N1C(=O)CSC1c1ccc(F)cc1. The van der Waals surface area contributed by atoms with Crippen LogP contribution in [0.25, 0.3) is 0 Å². The highest BCUT2D eigenvalue weighted by atomic mass is 32.2. The quantitative estimate of drug-likeness (QED) is 0.699. The molecule has 2 saturated heterocycles. The lowest BCUT2D eigenvalue weighted by Gasteiger charge is -2.26. The number of halogens is 1. The molecule has 1 amide bonds. The largest absolute Gasteiger partial charge is 0.459 e. The Hall–Kier alpha value is -2.38. The second kappa shape index (κ2) is 8.55. The van der Waals surface area contributed by atoms with Gasteiger partial charge in [-0.05, 0) is 48.4 Å². The predicted octanol–water partition coefficient (Wildman–Crippen LogP) is 4.25. The van der Waals surface area contributed by atoms with Crippen molar-refractivity contribution in [3.05, 3.63) is 65.0 Å². The Morgan fingerprint density at radius 2 is 1.90 bits per heavy atom. The van der Waals surface area contributed by atoms with Crippen LogP contribution in [0.15, 0.2) is 42.5 Å². The van der Waals surface area contributed by atoms with Gasteiger partial charge in [0.1, 0.15) is 17.3 Å². The standard InChI is InChI=1S/C22H22FNO4S/c1-14-12-16(22(26)28-18-8-10-27-11-9-18)4-7-19(14)24-20(25)13-29-21(24)15-2-5-17(23)6-3-15/h2-7,12,18,21H,8-11,13H2,1H3. The van der Waals surface area contributed by atoms with Crippen LogP contribution in [0.4, 0.5) is 10.1 Å². The van der Waals surface area contributed by atoms with Gasteiger partial charge in [-0.25, -0.2) is 9.18 Å². The van der Waals surface area contributed by atoms with Gasteiger partial charge in [-0.1, -0.05) is 12.1 Å². The minimum Gasteiger partial charge on any atom is -0.459 e. The molecule has 4 rings (SSSR count). The summed E-state index contributed by atoms with van der Waals surface area (Å²) in [4.78, 5) is 26.8.